The molecule has 0 saturated carbocycles. The van der Waals surface area contributed by atoms with Gasteiger partial charge < -0.3 is 30.1 Å². The fourth-order valence-electron chi connectivity index (χ4n) is 2.82. The Morgan fingerprint density at radius 2 is 2.00 bits per heavy atom. The third-order valence-corrected chi connectivity index (χ3v) is 4.09. The number of fused-ring (bicyclic) bond motifs is 1. The van der Waals surface area contributed by atoms with Crippen molar-refractivity contribution in [2.75, 3.05) is 6.61 Å². The van der Waals surface area contributed by atoms with Gasteiger partial charge in [0.1, 0.15) is 24.4 Å². The minimum absolute atomic E-state index is 0.235. The summed E-state index contributed by atoms with van der Waals surface area (Å²) >= 11 is 0. The minimum Gasteiger partial charge on any atom is -0.446 e. The van der Waals surface area contributed by atoms with Gasteiger partial charge in [-0.3, -0.25) is 4.79 Å². The summed E-state index contributed by atoms with van der Waals surface area (Å²) in [6.45, 7) is 0.776. The van der Waals surface area contributed by atoms with E-state index in [1.165, 1.54) is 6.92 Å². The lowest BCUT2D eigenvalue weighted by atomic mass is 9.97. The molecule has 4 N–H and O–H groups in total. The number of carbonyl (C=O) groups is 1. The van der Waals surface area contributed by atoms with E-state index in [2.05, 4.69) is 10.3 Å². The normalized spacial score (nSPS) is 29.4. The Bertz CT molecular complexity index is 755. The van der Waals surface area contributed by atoms with E-state index in [1.807, 2.05) is 24.3 Å². The molecule has 3 rings (SSSR count). The van der Waals surface area contributed by atoms with Crippen LogP contribution in [0.25, 0.3) is 10.8 Å². The van der Waals surface area contributed by atoms with Crippen LogP contribution in [0.3, 0.4) is 0 Å². The number of pyridine rings is 1. The lowest BCUT2D eigenvalue weighted by Gasteiger charge is -2.41. The van der Waals surface area contributed by atoms with Crippen LogP contribution in [-0.4, -0.2) is 63.5 Å². The maximum Gasteiger partial charge on any atom is 0.225 e. The lowest BCUT2D eigenvalue weighted by Crippen LogP contribution is -2.65. The highest BCUT2D eigenvalue weighted by Gasteiger charge is 2.46. The Kier molecular flexibility index (Phi) is 5.14. The summed E-state index contributed by atoms with van der Waals surface area (Å²) in [5.74, 6) is -0.179. The van der Waals surface area contributed by atoms with E-state index in [-0.39, 0.29) is 5.88 Å². The third kappa shape index (κ3) is 3.72. The number of nitrogens with one attached hydrogen (secondary N) is 1. The van der Waals surface area contributed by atoms with Gasteiger partial charge in [-0.05, 0) is 5.39 Å². The van der Waals surface area contributed by atoms with Crippen molar-refractivity contribution in [1.29, 1.82) is 0 Å². The molecule has 1 aliphatic heterocycles. The summed E-state index contributed by atoms with van der Waals surface area (Å²) in [4.78, 5) is 15.6. The van der Waals surface area contributed by atoms with Crippen LogP contribution < -0.4 is 10.1 Å². The molecule has 0 spiro atoms. The van der Waals surface area contributed by atoms with Crippen LogP contribution in [0.1, 0.15) is 6.92 Å². The third-order valence-electron chi connectivity index (χ3n) is 4.09. The molecule has 0 aliphatic carbocycles. The number of rotatable bonds is 4. The Morgan fingerprint density at radius 3 is 2.68 bits per heavy atom. The summed E-state index contributed by atoms with van der Waals surface area (Å²) in [5.41, 5.74) is 0. The van der Waals surface area contributed by atoms with Gasteiger partial charge in [-0.2, -0.15) is 0 Å². The van der Waals surface area contributed by atoms with Crippen molar-refractivity contribution in [1.82, 2.24) is 10.3 Å². The van der Waals surface area contributed by atoms with Gasteiger partial charge in [0, 0.05) is 24.6 Å². The highest BCUT2D eigenvalue weighted by Crippen LogP contribution is 2.25. The molecule has 1 aromatic heterocycles. The number of nitrogens with zero attached hydrogens (tertiary/aromatic N) is 1. The molecule has 0 radical (unpaired) electrons. The zero-order valence-electron chi connectivity index (χ0n) is 13.6. The van der Waals surface area contributed by atoms with E-state index < -0.39 is 43.2 Å². The molecule has 0 unspecified atom stereocenters. The average molecular weight is 348 g/mol. The predicted octanol–water partition coefficient (Wildman–Crippen LogP) is -0.443. The van der Waals surface area contributed by atoms with Crippen LogP contribution in [0, 0.1) is 0 Å². The van der Waals surface area contributed by atoms with Crippen LogP contribution in [0.2, 0.25) is 0 Å². The zero-order chi connectivity index (χ0) is 18.0. The predicted molar refractivity (Wildman–Crippen MR) is 87.7 cm³/mol. The minimum atomic E-state index is -1.36. The van der Waals surface area contributed by atoms with Crippen molar-refractivity contribution in [2.45, 2.75) is 37.6 Å². The largest absolute Gasteiger partial charge is 0.446 e. The number of aliphatic hydroxyl groups is 3. The van der Waals surface area contributed by atoms with Crippen molar-refractivity contribution in [3.63, 3.8) is 0 Å². The molecule has 5 atom stereocenters. The summed E-state index contributed by atoms with van der Waals surface area (Å²) in [7, 11) is 0. The maximum atomic E-state index is 11.4. The monoisotopic (exact) mass is 348 g/mol. The van der Waals surface area contributed by atoms with Crippen LogP contribution in [0.4, 0.5) is 0 Å². The van der Waals surface area contributed by atoms with Crippen molar-refractivity contribution >= 4 is 16.7 Å². The van der Waals surface area contributed by atoms with E-state index in [0.717, 1.165) is 10.8 Å². The van der Waals surface area contributed by atoms with E-state index in [4.69, 9.17) is 9.47 Å². The number of ether oxygens (including phenoxy) is 2. The SMILES string of the molecule is CC(=O)N[C@H]1[C@H](Oc2cc3ccccc3cn2)O[C@H](CO)[C@@H](O)[C@@H]1O. The summed E-state index contributed by atoms with van der Waals surface area (Å²) in [5, 5.41) is 33.9. The van der Waals surface area contributed by atoms with Crippen molar-refractivity contribution < 1.29 is 29.6 Å². The highest BCUT2D eigenvalue weighted by molar-refractivity contribution is 5.82. The molecule has 8 heteroatoms. The molecule has 1 amide bonds. The zero-order valence-corrected chi connectivity index (χ0v) is 13.6. The molecule has 1 aromatic carbocycles. The summed E-state index contributed by atoms with van der Waals surface area (Å²) in [6, 6.07) is 8.27. The summed E-state index contributed by atoms with van der Waals surface area (Å²) < 4.78 is 11.2. The molecule has 134 valence electrons. The first-order valence-electron chi connectivity index (χ1n) is 7.90. The van der Waals surface area contributed by atoms with Gasteiger partial charge in [0.25, 0.3) is 0 Å². The van der Waals surface area contributed by atoms with Crippen LogP contribution in [0.15, 0.2) is 36.5 Å². The first-order chi connectivity index (χ1) is 12.0. The van der Waals surface area contributed by atoms with E-state index in [9.17, 15) is 20.1 Å². The van der Waals surface area contributed by atoms with Crippen molar-refractivity contribution in [2.24, 2.45) is 0 Å². The number of aliphatic hydroxyl groups excluding tert-OH is 3. The van der Waals surface area contributed by atoms with Crippen molar-refractivity contribution in [3.05, 3.63) is 36.5 Å². The van der Waals surface area contributed by atoms with Crippen LogP contribution in [0.5, 0.6) is 5.88 Å². The molecule has 25 heavy (non-hydrogen) atoms. The second-order valence-electron chi connectivity index (χ2n) is 5.92. The Morgan fingerprint density at radius 1 is 1.28 bits per heavy atom. The van der Waals surface area contributed by atoms with E-state index in [0.29, 0.717) is 0 Å². The van der Waals surface area contributed by atoms with Gasteiger partial charge in [0.05, 0.1) is 6.61 Å². The first kappa shape index (κ1) is 17.6. The topological polar surface area (TPSA) is 121 Å². The fourth-order valence-corrected chi connectivity index (χ4v) is 2.82. The van der Waals surface area contributed by atoms with Gasteiger partial charge in [-0.15, -0.1) is 0 Å². The average Bonchev–Trinajstić information content (AvgIpc) is 2.61. The maximum absolute atomic E-state index is 11.4. The van der Waals surface area contributed by atoms with Crippen LogP contribution in [-0.2, 0) is 9.53 Å². The second kappa shape index (κ2) is 7.32. The lowest BCUT2D eigenvalue weighted by molar-refractivity contribution is -0.245. The molecule has 2 heterocycles. The number of hydrogen-bond acceptors (Lipinski definition) is 7. The van der Waals surface area contributed by atoms with Gasteiger partial charge in [0.15, 0.2) is 0 Å². The Labute approximate surface area is 144 Å². The number of carbonyl (C=O) groups excluding carboxylic acids is 1. The molecule has 1 aliphatic rings. The standard InChI is InChI=1S/C17H20N2O6/c1-9(21)19-14-16(23)15(22)12(8-20)24-17(14)25-13-6-10-4-2-3-5-11(10)7-18-13/h2-7,12,14-17,20,22-23H,8H2,1H3,(H,19,21)/t12-,14-,15-,16-,17+/m1/s1. The first-order valence-corrected chi connectivity index (χ1v) is 7.90. The van der Waals surface area contributed by atoms with Gasteiger partial charge in [0.2, 0.25) is 18.1 Å². The number of hydrogen-bond donors (Lipinski definition) is 4. The fraction of sp³-hybridized carbons (Fsp3) is 0.412. The smallest absolute Gasteiger partial charge is 0.225 e. The molecule has 2 aromatic rings. The second-order valence-corrected chi connectivity index (χ2v) is 5.92. The molecular weight excluding hydrogens is 328 g/mol. The van der Waals surface area contributed by atoms with E-state index >= 15 is 0 Å². The number of amides is 1. The molecule has 0 bridgehead atoms. The molecule has 8 nitrogen and oxygen atoms in total. The van der Waals surface area contributed by atoms with Crippen molar-refractivity contribution in [3.8, 4) is 5.88 Å². The quantitative estimate of drug-likeness (QED) is 0.591. The Balaban J connectivity index is 1.86. The Hall–Kier alpha value is -2.26. The van der Waals surface area contributed by atoms with Gasteiger partial charge in [-0.25, -0.2) is 4.98 Å². The van der Waals surface area contributed by atoms with E-state index in [1.54, 1.807) is 12.3 Å². The summed E-state index contributed by atoms with van der Waals surface area (Å²) in [6.07, 6.45) is -3.24. The highest BCUT2D eigenvalue weighted by atomic mass is 16.7. The molecule has 1 fully saturated rings. The van der Waals surface area contributed by atoms with Gasteiger partial charge in [-0.1, -0.05) is 24.3 Å². The molecular formula is C17H20N2O6. The van der Waals surface area contributed by atoms with Crippen LogP contribution >= 0.6 is 0 Å². The number of aromatic nitrogens is 1. The van der Waals surface area contributed by atoms with Gasteiger partial charge >= 0.3 is 0 Å². The molecule has 1 saturated heterocycles. The number of benzene rings is 1.